The van der Waals surface area contributed by atoms with Crippen LogP contribution in [0.15, 0.2) is 0 Å². The lowest BCUT2D eigenvalue weighted by Gasteiger charge is -2.20. The molecule has 0 spiro atoms. The summed E-state index contributed by atoms with van der Waals surface area (Å²) in [5, 5.41) is 9.88. The van der Waals surface area contributed by atoms with E-state index in [0.717, 1.165) is 19.3 Å². The van der Waals surface area contributed by atoms with Gasteiger partial charge >= 0.3 is 0 Å². The normalized spacial score (nSPS) is 15.0. The van der Waals surface area contributed by atoms with E-state index in [9.17, 15) is 5.11 Å². The molecule has 0 rings (SSSR count). The SMILES string of the molecule is CC(C)(C)CCCC[C@@H](O)CCCC(C)(C)C. The van der Waals surface area contributed by atoms with Gasteiger partial charge in [-0.05, 0) is 36.5 Å². The van der Waals surface area contributed by atoms with Crippen LogP contribution < -0.4 is 0 Å². The van der Waals surface area contributed by atoms with Crippen LogP contribution in [0.25, 0.3) is 0 Å². The van der Waals surface area contributed by atoms with Crippen LogP contribution in [-0.4, -0.2) is 11.2 Å². The van der Waals surface area contributed by atoms with Crippen LogP contribution in [0.5, 0.6) is 0 Å². The Morgan fingerprint density at radius 3 is 1.59 bits per heavy atom. The van der Waals surface area contributed by atoms with Gasteiger partial charge in [0.05, 0.1) is 6.10 Å². The van der Waals surface area contributed by atoms with Gasteiger partial charge in [-0.3, -0.25) is 0 Å². The van der Waals surface area contributed by atoms with Crippen LogP contribution in [0.4, 0.5) is 0 Å². The third kappa shape index (κ3) is 13.9. The van der Waals surface area contributed by atoms with Crippen molar-refractivity contribution in [1.29, 1.82) is 0 Å². The molecule has 0 aromatic heterocycles. The van der Waals surface area contributed by atoms with E-state index in [1.165, 1.54) is 25.7 Å². The molecule has 0 saturated carbocycles. The van der Waals surface area contributed by atoms with Crippen LogP contribution in [0, 0.1) is 10.8 Å². The van der Waals surface area contributed by atoms with Gasteiger partial charge in [0, 0.05) is 0 Å². The Morgan fingerprint density at radius 2 is 1.12 bits per heavy atom. The lowest BCUT2D eigenvalue weighted by molar-refractivity contribution is 0.141. The van der Waals surface area contributed by atoms with E-state index in [1.807, 2.05) is 0 Å². The fourth-order valence-electron chi connectivity index (χ4n) is 2.05. The molecule has 0 aliphatic heterocycles. The first-order valence-electron chi connectivity index (χ1n) is 7.28. The summed E-state index contributed by atoms with van der Waals surface area (Å²) < 4.78 is 0. The summed E-state index contributed by atoms with van der Waals surface area (Å²) in [7, 11) is 0. The van der Waals surface area contributed by atoms with Crippen molar-refractivity contribution in [2.75, 3.05) is 0 Å². The van der Waals surface area contributed by atoms with Crippen molar-refractivity contribution in [1.82, 2.24) is 0 Å². The molecule has 1 nitrogen and oxygen atoms in total. The van der Waals surface area contributed by atoms with Gasteiger partial charge in [-0.2, -0.15) is 0 Å². The van der Waals surface area contributed by atoms with Crippen molar-refractivity contribution in [3.63, 3.8) is 0 Å². The summed E-state index contributed by atoms with van der Waals surface area (Å²) in [4.78, 5) is 0. The van der Waals surface area contributed by atoms with E-state index in [1.54, 1.807) is 0 Å². The fraction of sp³-hybridized carbons (Fsp3) is 1.00. The van der Waals surface area contributed by atoms with Crippen molar-refractivity contribution in [3.05, 3.63) is 0 Å². The minimum Gasteiger partial charge on any atom is -0.393 e. The molecule has 0 amide bonds. The van der Waals surface area contributed by atoms with E-state index >= 15 is 0 Å². The molecule has 1 N–H and O–H groups in total. The number of aliphatic hydroxyl groups excluding tert-OH is 1. The summed E-state index contributed by atoms with van der Waals surface area (Å²) in [6, 6.07) is 0. The van der Waals surface area contributed by atoms with Crippen molar-refractivity contribution in [3.8, 4) is 0 Å². The second kappa shape index (κ2) is 7.41. The lowest BCUT2D eigenvalue weighted by Crippen LogP contribution is -2.11. The Balaban J connectivity index is 3.44. The quantitative estimate of drug-likeness (QED) is 0.611. The highest BCUT2D eigenvalue weighted by atomic mass is 16.3. The molecule has 0 aliphatic rings. The number of aliphatic hydroxyl groups is 1. The zero-order valence-electron chi connectivity index (χ0n) is 13.0. The van der Waals surface area contributed by atoms with Gasteiger partial charge in [0.2, 0.25) is 0 Å². The molecule has 0 aromatic carbocycles. The van der Waals surface area contributed by atoms with E-state index in [-0.39, 0.29) is 6.10 Å². The highest BCUT2D eigenvalue weighted by Crippen LogP contribution is 2.24. The molecule has 1 atom stereocenters. The molecule has 0 aliphatic carbocycles. The Hall–Kier alpha value is -0.0400. The summed E-state index contributed by atoms with van der Waals surface area (Å²) in [5.41, 5.74) is 0.850. The molecule has 0 bridgehead atoms. The molecule has 0 radical (unpaired) electrons. The van der Waals surface area contributed by atoms with Crippen LogP contribution >= 0.6 is 0 Å². The molecule has 0 heterocycles. The van der Waals surface area contributed by atoms with Gasteiger partial charge in [-0.15, -0.1) is 0 Å². The first-order chi connectivity index (χ1) is 7.60. The Bertz CT molecular complexity index is 183. The van der Waals surface area contributed by atoms with E-state index < -0.39 is 0 Å². The molecule has 0 fully saturated rings. The van der Waals surface area contributed by atoms with E-state index in [0.29, 0.717) is 10.8 Å². The van der Waals surface area contributed by atoms with Crippen LogP contribution in [-0.2, 0) is 0 Å². The van der Waals surface area contributed by atoms with Crippen molar-refractivity contribution >= 4 is 0 Å². The van der Waals surface area contributed by atoms with Gasteiger partial charge in [0.25, 0.3) is 0 Å². The molecule has 17 heavy (non-hydrogen) atoms. The maximum atomic E-state index is 9.88. The summed E-state index contributed by atoms with van der Waals surface area (Å²) in [6.07, 6.45) is 7.95. The molecule has 0 saturated heterocycles. The summed E-state index contributed by atoms with van der Waals surface area (Å²) in [5.74, 6) is 0. The molecule has 104 valence electrons. The van der Waals surface area contributed by atoms with Crippen molar-refractivity contribution in [2.24, 2.45) is 10.8 Å². The van der Waals surface area contributed by atoms with Crippen molar-refractivity contribution in [2.45, 2.75) is 92.6 Å². The van der Waals surface area contributed by atoms with E-state index in [4.69, 9.17) is 0 Å². The zero-order chi connectivity index (χ0) is 13.5. The van der Waals surface area contributed by atoms with Gasteiger partial charge < -0.3 is 5.11 Å². The summed E-state index contributed by atoms with van der Waals surface area (Å²) in [6.45, 7) is 13.7. The lowest BCUT2D eigenvalue weighted by atomic mass is 9.88. The number of hydrogen-bond acceptors (Lipinski definition) is 1. The molecule has 0 aromatic rings. The van der Waals surface area contributed by atoms with Crippen molar-refractivity contribution < 1.29 is 5.11 Å². The van der Waals surface area contributed by atoms with Crippen LogP contribution in [0.1, 0.15) is 86.5 Å². The predicted octanol–water partition coefficient (Wildman–Crippen LogP) is 5.17. The van der Waals surface area contributed by atoms with Gasteiger partial charge in [0.1, 0.15) is 0 Å². The first kappa shape index (κ1) is 17.0. The number of unbranched alkanes of at least 4 members (excludes halogenated alkanes) is 1. The molecule has 0 unspecified atom stereocenters. The second-order valence-electron chi connectivity index (χ2n) is 7.91. The van der Waals surface area contributed by atoms with E-state index in [2.05, 4.69) is 41.5 Å². The minimum absolute atomic E-state index is 0.0719. The smallest absolute Gasteiger partial charge is 0.0540 e. The largest absolute Gasteiger partial charge is 0.393 e. The second-order valence-corrected chi connectivity index (χ2v) is 7.91. The topological polar surface area (TPSA) is 20.2 Å². The molecular weight excluding hydrogens is 208 g/mol. The van der Waals surface area contributed by atoms with Gasteiger partial charge in [0.15, 0.2) is 0 Å². The van der Waals surface area contributed by atoms with Crippen LogP contribution in [0.3, 0.4) is 0 Å². The Labute approximate surface area is 109 Å². The maximum Gasteiger partial charge on any atom is 0.0540 e. The average Bonchev–Trinajstić information content (AvgIpc) is 2.09. The highest BCUT2D eigenvalue weighted by molar-refractivity contribution is 4.65. The Kier molecular flexibility index (Phi) is 7.39. The standard InChI is InChI=1S/C16H34O/c1-15(2,3)12-8-7-10-14(17)11-9-13-16(4,5)6/h14,17H,7-13H2,1-6H3/t14-/m1/s1. The van der Waals surface area contributed by atoms with Crippen LogP contribution in [0.2, 0.25) is 0 Å². The predicted molar refractivity (Wildman–Crippen MR) is 77.2 cm³/mol. The number of rotatable bonds is 7. The first-order valence-corrected chi connectivity index (χ1v) is 7.28. The third-order valence-electron chi connectivity index (χ3n) is 3.18. The minimum atomic E-state index is -0.0719. The monoisotopic (exact) mass is 242 g/mol. The third-order valence-corrected chi connectivity index (χ3v) is 3.18. The molecule has 1 heteroatoms. The Morgan fingerprint density at radius 1 is 0.706 bits per heavy atom. The maximum absolute atomic E-state index is 9.88. The fourth-order valence-corrected chi connectivity index (χ4v) is 2.05. The zero-order valence-corrected chi connectivity index (χ0v) is 13.0. The average molecular weight is 242 g/mol. The highest BCUT2D eigenvalue weighted by Gasteiger charge is 2.12. The van der Waals surface area contributed by atoms with Gasteiger partial charge in [-0.25, -0.2) is 0 Å². The summed E-state index contributed by atoms with van der Waals surface area (Å²) >= 11 is 0. The number of hydrogen-bond donors (Lipinski definition) is 1. The van der Waals surface area contributed by atoms with Gasteiger partial charge in [-0.1, -0.05) is 60.8 Å². The molecular formula is C16H34O.